The Morgan fingerprint density at radius 3 is 2.79 bits per heavy atom. The highest BCUT2D eigenvalue weighted by Crippen LogP contribution is 2.32. The minimum Gasteiger partial charge on any atom is -0.348 e. The fourth-order valence-corrected chi connectivity index (χ4v) is 4.45. The van der Waals surface area contributed by atoms with Crippen molar-refractivity contribution in [1.82, 2.24) is 10.3 Å². The van der Waals surface area contributed by atoms with Gasteiger partial charge in [-0.2, -0.15) is 0 Å². The number of thiazole rings is 1. The Bertz CT molecular complexity index is 698. The Morgan fingerprint density at radius 1 is 1.33 bits per heavy atom. The van der Waals surface area contributed by atoms with Gasteiger partial charge in [0.15, 0.2) is 0 Å². The van der Waals surface area contributed by atoms with Crippen LogP contribution < -0.4 is 11.1 Å². The molecular weight excluding hydrogens is 318 g/mol. The number of nitrogens with zero attached hydrogens (tertiary/aromatic N) is 1. The van der Waals surface area contributed by atoms with Crippen molar-refractivity contribution in [2.24, 2.45) is 11.7 Å². The van der Waals surface area contributed by atoms with E-state index in [4.69, 9.17) is 5.73 Å². The van der Waals surface area contributed by atoms with Gasteiger partial charge in [0, 0.05) is 17.5 Å². The third kappa shape index (κ3) is 3.84. The SMILES string of the molecule is Cc1nc(-c2ccccc2)sc1C(C)NC(=O)C1CCCC(N)C1. The van der Waals surface area contributed by atoms with Crippen LogP contribution in [0.5, 0.6) is 0 Å². The fraction of sp³-hybridized carbons (Fsp3) is 0.474. The number of nitrogens with two attached hydrogens (primary N) is 1. The van der Waals surface area contributed by atoms with Crippen molar-refractivity contribution in [1.29, 1.82) is 0 Å². The van der Waals surface area contributed by atoms with Crippen LogP contribution in [0.1, 0.15) is 49.2 Å². The van der Waals surface area contributed by atoms with E-state index < -0.39 is 0 Å². The monoisotopic (exact) mass is 343 g/mol. The van der Waals surface area contributed by atoms with E-state index in [1.807, 2.05) is 32.0 Å². The van der Waals surface area contributed by atoms with Crippen LogP contribution in [0, 0.1) is 12.8 Å². The summed E-state index contributed by atoms with van der Waals surface area (Å²) in [6.45, 7) is 4.05. The van der Waals surface area contributed by atoms with Crippen molar-refractivity contribution in [2.45, 2.75) is 51.6 Å². The van der Waals surface area contributed by atoms with Gasteiger partial charge in [0.1, 0.15) is 5.01 Å². The number of rotatable bonds is 4. The van der Waals surface area contributed by atoms with E-state index in [0.29, 0.717) is 0 Å². The summed E-state index contributed by atoms with van der Waals surface area (Å²) in [5.74, 6) is 0.185. The Hall–Kier alpha value is -1.72. The molecule has 1 aliphatic carbocycles. The van der Waals surface area contributed by atoms with E-state index in [2.05, 4.69) is 22.4 Å². The third-order valence-electron chi connectivity index (χ3n) is 4.69. The van der Waals surface area contributed by atoms with E-state index in [1.54, 1.807) is 11.3 Å². The first kappa shape index (κ1) is 17.1. The average molecular weight is 343 g/mol. The van der Waals surface area contributed by atoms with Gasteiger partial charge in [-0.25, -0.2) is 4.98 Å². The summed E-state index contributed by atoms with van der Waals surface area (Å²) in [4.78, 5) is 18.3. The number of aryl methyl sites for hydroxylation is 1. The lowest BCUT2D eigenvalue weighted by molar-refractivity contribution is -0.126. The van der Waals surface area contributed by atoms with Gasteiger partial charge in [-0.3, -0.25) is 4.79 Å². The van der Waals surface area contributed by atoms with Crippen LogP contribution in [0.15, 0.2) is 30.3 Å². The number of carbonyl (C=O) groups is 1. The summed E-state index contributed by atoms with van der Waals surface area (Å²) in [6.07, 6.45) is 3.83. The Balaban J connectivity index is 1.70. The van der Waals surface area contributed by atoms with Gasteiger partial charge in [0.2, 0.25) is 5.91 Å². The van der Waals surface area contributed by atoms with Gasteiger partial charge >= 0.3 is 0 Å². The fourth-order valence-electron chi connectivity index (χ4n) is 3.38. The Kier molecular flexibility index (Phi) is 5.31. The molecule has 0 bridgehead atoms. The highest BCUT2D eigenvalue weighted by atomic mass is 32.1. The summed E-state index contributed by atoms with van der Waals surface area (Å²) in [7, 11) is 0. The molecule has 3 N–H and O–H groups in total. The van der Waals surface area contributed by atoms with Crippen LogP contribution in [-0.2, 0) is 4.79 Å². The number of aromatic nitrogens is 1. The zero-order valence-electron chi connectivity index (χ0n) is 14.3. The lowest BCUT2D eigenvalue weighted by Gasteiger charge is -2.27. The van der Waals surface area contributed by atoms with E-state index in [0.717, 1.165) is 46.8 Å². The predicted molar refractivity (Wildman–Crippen MR) is 98.8 cm³/mol. The zero-order chi connectivity index (χ0) is 17.1. The normalized spacial score (nSPS) is 22.1. The molecule has 1 aromatic carbocycles. The first-order valence-corrected chi connectivity index (χ1v) is 9.45. The van der Waals surface area contributed by atoms with Gasteiger partial charge in [-0.1, -0.05) is 36.8 Å². The first-order chi connectivity index (χ1) is 11.5. The molecule has 0 spiro atoms. The molecule has 0 saturated heterocycles. The van der Waals surface area contributed by atoms with E-state index in [1.165, 1.54) is 0 Å². The van der Waals surface area contributed by atoms with Crippen molar-refractivity contribution in [2.75, 3.05) is 0 Å². The topological polar surface area (TPSA) is 68.0 Å². The summed E-state index contributed by atoms with van der Waals surface area (Å²) < 4.78 is 0. The minimum absolute atomic E-state index is 0.0226. The Morgan fingerprint density at radius 2 is 2.08 bits per heavy atom. The molecule has 1 aliphatic rings. The molecule has 128 valence electrons. The molecular formula is C19H25N3OS. The molecule has 0 aliphatic heterocycles. The zero-order valence-corrected chi connectivity index (χ0v) is 15.1. The second kappa shape index (κ2) is 7.45. The first-order valence-electron chi connectivity index (χ1n) is 8.63. The van der Waals surface area contributed by atoms with Gasteiger partial charge in [-0.15, -0.1) is 11.3 Å². The quantitative estimate of drug-likeness (QED) is 0.887. The summed E-state index contributed by atoms with van der Waals surface area (Å²) in [5.41, 5.74) is 8.12. The summed E-state index contributed by atoms with van der Waals surface area (Å²) in [5, 5.41) is 4.17. The van der Waals surface area contributed by atoms with Gasteiger partial charge in [0.05, 0.1) is 16.6 Å². The molecule has 1 heterocycles. The van der Waals surface area contributed by atoms with Gasteiger partial charge in [0.25, 0.3) is 0 Å². The van der Waals surface area contributed by atoms with Crippen LogP contribution in [0.2, 0.25) is 0 Å². The maximum atomic E-state index is 12.5. The minimum atomic E-state index is -0.0226. The number of hydrogen-bond donors (Lipinski definition) is 2. The van der Waals surface area contributed by atoms with E-state index in [-0.39, 0.29) is 23.9 Å². The molecule has 5 heteroatoms. The molecule has 1 saturated carbocycles. The number of carbonyl (C=O) groups excluding carboxylic acids is 1. The lowest BCUT2D eigenvalue weighted by atomic mass is 9.85. The highest BCUT2D eigenvalue weighted by molar-refractivity contribution is 7.15. The predicted octanol–water partition coefficient (Wildman–Crippen LogP) is 3.81. The maximum absolute atomic E-state index is 12.5. The summed E-state index contributed by atoms with van der Waals surface area (Å²) in [6, 6.07) is 10.3. The second-order valence-electron chi connectivity index (χ2n) is 6.69. The van der Waals surface area contributed by atoms with Crippen molar-refractivity contribution >= 4 is 17.2 Å². The van der Waals surface area contributed by atoms with Crippen molar-refractivity contribution in [3.8, 4) is 10.6 Å². The molecule has 1 fully saturated rings. The van der Waals surface area contributed by atoms with Crippen LogP contribution in [0.4, 0.5) is 0 Å². The Labute approximate surface area is 147 Å². The molecule has 24 heavy (non-hydrogen) atoms. The van der Waals surface area contributed by atoms with Crippen molar-refractivity contribution in [3.05, 3.63) is 40.9 Å². The highest BCUT2D eigenvalue weighted by Gasteiger charge is 2.27. The molecule has 1 aromatic heterocycles. The largest absolute Gasteiger partial charge is 0.348 e. The number of hydrogen-bond acceptors (Lipinski definition) is 4. The number of amides is 1. The second-order valence-corrected chi connectivity index (χ2v) is 7.72. The van der Waals surface area contributed by atoms with Crippen molar-refractivity contribution in [3.63, 3.8) is 0 Å². The smallest absolute Gasteiger partial charge is 0.223 e. The molecule has 4 nitrogen and oxygen atoms in total. The number of nitrogens with one attached hydrogen (secondary N) is 1. The molecule has 2 aromatic rings. The molecule has 1 amide bonds. The molecule has 0 radical (unpaired) electrons. The van der Waals surface area contributed by atoms with Crippen LogP contribution in [-0.4, -0.2) is 16.9 Å². The molecule has 3 atom stereocenters. The lowest BCUT2D eigenvalue weighted by Crippen LogP contribution is -2.38. The average Bonchev–Trinajstić information content (AvgIpc) is 2.97. The van der Waals surface area contributed by atoms with E-state index >= 15 is 0 Å². The molecule has 3 rings (SSSR count). The standard InChI is InChI=1S/C19H25N3OS/c1-12(21-18(23)15-9-6-10-16(20)11-15)17-13(2)22-19(24-17)14-7-4-3-5-8-14/h3-5,7-8,12,15-16H,6,9-11,20H2,1-2H3,(H,21,23). The summed E-state index contributed by atoms with van der Waals surface area (Å²) >= 11 is 1.66. The maximum Gasteiger partial charge on any atom is 0.223 e. The van der Waals surface area contributed by atoms with E-state index in [9.17, 15) is 4.79 Å². The van der Waals surface area contributed by atoms with Crippen LogP contribution in [0.3, 0.4) is 0 Å². The van der Waals surface area contributed by atoms with Crippen LogP contribution in [0.25, 0.3) is 10.6 Å². The number of benzene rings is 1. The van der Waals surface area contributed by atoms with Crippen LogP contribution >= 0.6 is 11.3 Å². The third-order valence-corrected chi connectivity index (χ3v) is 6.08. The molecule has 3 unspecified atom stereocenters. The van der Waals surface area contributed by atoms with Gasteiger partial charge < -0.3 is 11.1 Å². The van der Waals surface area contributed by atoms with Gasteiger partial charge in [-0.05, 0) is 33.1 Å². The van der Waals surface area contributed by atoms with Crippen molar-refractivity contribution < 1.29 is 4.79 Å².